The van der Waals surface area contributed by atoms with Crippen LogP contribution in [-0.4, -0.2) is 18.4 Å². The molecule has 0 radical (unpaired) electrons. The second-order valence-corrected chi connectivity index (χ2v) is 3.34. The van der Waals surface area contributed by atoms with E-state index < -0.39 is 0 Å². The van der Waals surface area contributed by atoms with Crippen LogP contribution in [0.3, 0.4) is 0 Å². The van der Waals surface area contributed by atoms with Crippen molar-refractivity contribution < 1.29 is 4.79 Å². The Morgan fingerprint density at radius 1 is 1.40 bits per heavy atom. The topological polar surface area (TPSA) is 29.1 Å². The summed E-state index contributed by atoms with van der Waals surface area (Å²) in [5.41, 5.74) is 0. The van der Waals surface area contributed by atoms with Gasteiger partial charge in [-0.1, -0.05) is 6.42 Å². The minimum Gasteiger partial charge on any atom is -0.307 e. The van der Waals surface area contributed by atoms with Crippen LogP contribution in [-0.2, 0) is 4.79 Å². The maximum absolute atomic E-state index is 11.1. The van der Waals surface area contributed by atoms with Gasteiger partial charge < -0.3 is 5.32 Å². The van der Waals surface area contributed by atoms with Crippen LogP contribution >= 0.6 is 0 Å². The van der Waals surface area contributed by atoms with Crippen molar-refractivity contribution >= 4 is 5.78 Å². The molecule has 1 N–H and O–H groups in total. The van der Waals surface area contributed by atoms with E-state index in [1.165, 1.54) is 19.3 Å². The number of hydrogen-bond acceptors (Lipinski definition) is 2. The first-order valence-electron chi connectivity index (χ1n) is 4.14. The van der Waals surface area contributed by atoms with Crippen molar-refractivity contribution in [1.82, 2.24) is 5.32 Å². The molecule has 1 saturated heterocycles. The van der Waals surface area contributed by atoms with E-state index in [2.05, 4.69) is 5.32 Å². The summed E-state index contributed by atoms with van der Waals surface area (Å²) in [6.07, 6.45) is 4.63. The van der Waals surface area contributed by atoms with Gasteiger partial charge in [0.1, 0.15) is 0 Å². The van der Waals surface area contributed by atoms with Crippen LogP contribution in [0.5, 0.6) is 0 Å². The number of carbonyl (C=O) groups excluding carboxylic acids is 1. The third-order valence-electron chi connectivity index (χ3n) is 2.70. The van der Waals surface area contributed by atoms with Crippen molar-refractivity contribution in [3.05, 3.63) is 0 Å². The highest BCUT2D eigenvalue weighted by Gasteiger charge is 2.34. The Morgan fingerprint density at radius 2 is 2.20 bits per heavy atom. The van der Waals surface area contributed by atoms with Gasteiger partial charge in [0, 0.05) is 13.0 Å². The number of ketones is 1. The molecule has 1 atom stereocenters. The first-order valence-corrected chi connectivity index (χ1v) is 4.14. The van der Waals surface area contributed by atoms with E-state index in [0.29, 0.717) is 11.7 Å². The average molecular weight is 139 g/mol. The lowest BCUT2D eigenvalue weighted by atomic mass is 9.79. The summed E-state index contributed by atoms with van der Waals surface area (Å²) in [5, 5.41) is 3.26. The third-order valence-corrected chi connectivity index (χ3v) is 2.70. The molecule has 0 aromatic heterocycles. The Balaban J connectivity index is 1.96. The highest BCUT2D eigenvalue weighted by Crippen LogP contribution is 2.31. The summed E-state index contributed by atoms with van der Waals surface area (Å²) < 4.78 is 0. The van der Waals surface area contributed by atoms with Crippen LogP contribution in [0.1, 0.15) is 25.7 Å². The highest BCUT2D eigenvalue weighted by atomic mass is 16.1. The summed E-state index contributed by atoms with van der Waals surface area (Å²) >= 11 is 0. The lowest BCUT2D eigenvalue weighted by Gasteiger charge is -2.30. The lowest BCUT2D eigenvalue weighted by molar-refractivity contribution is -0.120. The van der Waals surface area contributed by atoms with Gasteiger partial charge in [-0.3, -0.25) is 4.79 Å². The number of rotatable bonds is 1. The monoisotopic (exact) mass is 139 g/mol. The Morgan fingerprint density at radius 3 is 2.60 bits per heavy atom. The van der Waals surface area contributed by atoms with Gasteiger partial charge in [0.15, 0.2) is 5.78 Å². The van der Waals surface area contributed by atoms with Crippen molar-refractivity contribution in [2.24, 2.45) is 5.92 Å². The molecule has 0 aromatic rings. The molecule has 0 bridgehead atoms. The Kier molecular flexibility index (Phi) is 1.49. The molecule has 1 saturated carbocycles. The lowest BCUT2D eigenvalue weighted by Crippen LogP contribution is -2.38. The zero-order valence-electron chi connectivity index (χ0n) is 6.10. The van der Waals surface area contributed by atoms with Crippen molar-refractivity contribution in [1.29, 1.82) is 0 Å². The molecule has 56 valence electrons. The molecule has 2 nitrogen and oxygen atoms in total. The van der Waals surface area contributed by atoms with E-state index in [4.69, 9.17) is 0 Å². The van der Waals surface area contributed by atoms with Crippen molar-refractivity contribution in [3.63, 3.8) is 0 Å². The first-order chi connectivity index (χ1) is 4.88. The predicted molar refractivity (Wildman–Crippen MR) is 38.8 cm³/mol. The highest BCUT2D eigenvalue weighted by molar-refractivity contribution is 5.86. The molecule has 1 unspecified atom stereocenters. The number of hydrogen-bond donors (Lipinski definition) is 1. The van der Waals surface area contributed by atoms with Gasteiger partial charge in [0.2, 0.25) is 0 Å². The summed E-state index contributed by atoms with van der Waals surface area (Å²) in [5.74, 6) is 1.14. The molecule has 2 rings (SSSR count). The smallest absolute Gasteiger partial charge is 0.151 e. The van der Waals surface area contributed by atoms with Gasteiger partial charge in [-0.15, -0.1) is 0 Å². The van der Waals surface area contributed by atoms with E-state index in [0.717, 1.165) is 13.0 Å². The van der Waals surface area contributed by atoms with Crippen LogP contribution in [0.2, 0.25) is 0 Å². The summed E-state index contributed by atoms with van der Waals surface area (Å²) in [6.45, 7) is 0.917. The molecule has 2 aliphatic rings. The first kappa shape index (κ1) is 6.35. The van der Waals surface area contributed by atoms with Crippen LogP contribution in [0, 0.1) is 5.92 Å². The summed E-state index contributed by atoms with van der Waals surface area (Å²) in [4.78, 5) is 11.1. The molecule has 1 aliphatic carbocycles. The van der Waals surface area contributed by atoms with Gasteiger partial charge in [0.05, 0.1) is 6.04 Å². The molecular formula is C8H13NO. The summed E-state index contributed by atoms with van der Waals surface area (Å²) in [6, 6.07) is 0.244. The van der Waals surface area contributed by atoms with Crippen LogP contribution in [0.25, 0.3) is 0 Å². The van der Waals surface area contributed by atoms with E-state index in [1.807, 2.05) is 0 Å². The average Bonchev–Trinajstić information content (AvgIpc) is 2.12. The molecule has 0 spiro atoms. The maximum Gasteiger partial charge on any atom is 0.151 e. The normalized spacial score (nSPS) is 34.4. The molecular weight excluding hydrogens is 126 g/mol. The quantitative estimate of drug-likeness (QED) is 0.580. The van der Waals surface area contributed by atoms with Crippen LogP contribution in [0.4, 0.5) is 0 Å². The van der Waals surface area contributed by atoms with Crippen molar-refractivity contribution in [3.8, 4) is 0 Å². The molecule has 0 aromatic carbocycles. The second-order valence-electron chi connectivity index (χ2n) is 3.34. The Labute approximate surface area is 61.0 Å². The molecule has 0 amide bonds. The SMILES string of the molecule is O=C1CCNC1C1CCC1. The number of carbonyl (C=O) groups is 1. The molecule has 10 heavy (non-hydrogen) atoms. The minimum atomic E-state index is 0.244. The van der Waals surface area contributed by atoms with Crippen LogP contribution in [0.15, 0.2) is 0 Å². The Bertz CT molecular complexity index is 151. The second kappa shape index (κ2) is 2.35. The van der Waals surface area contributed by atoms with Gasteiger partial charge in [0.25, 0.3) is 0 Å². The van der Waals surface area contributed by atoms with Gasteiger partial charge >= 0.3 is 0 Å². The van der Waals surface area contributed by atoms with Gasteiger partial charge in [-0.05, 0) is 18.8 Å². The molecule has 2 fully saturated rings. The van der Waals surface area contributed by atoms with Crippen LogP contribution < -0.4 is 5.32 Å². The standard InChI is InChI=1S/C8H13NO/c10-7-4-5-9-8(7)6-2-1-3-6/h6,8-9H,1-5H2. The molecule has 1 heterocycles. The van der Waals surface area contributed by atoms with E-state index in [9.17, 15) is 4.79 Å². The van der Waals surface area contributed by atoms with Crippen molar-refractivity contribution in [2.45, 2.75) is 31.7 Å². The van der Waals surface area contributed by atoms with Crippen molar-refractivity contribution in [2.75, 3.05) is 6.54 Å². The fraction of sp³-hybridized carbons (Fsp3) is 0.875. The fourth-order valence-corrected chi connectivity index (χ4v) is 1.82. The largest absolute Gasteiger partial charge is 0.307 e. The Hall–Kier alpha value is -0.370. The molecule has 2 heteroatoms. The number of Topliss-reactive ketones (excluding diaryl/α,β-unsaturated/α-hetero) is 1. The molecule has 1 aliphatic heterocycles. The van der Waals surface area contributed by atoms with Gasteiger partial charge in [-0.2, -0.15) is 0 Å². The zero-order valence-corrected chi connectivity index (χ0v) is 6.10. The van der Waals surface area contributed by atoms with Gasteiger partial charge in [-0.25, -0.2) is 0 Å². The van der Waals surface area contributed by atoms with E-state index in [1.54, 1.807) is 0 Å². The maximum atomic E-state index is 11.1. The predicted octanol–water partition coefficient (Wildman–Crippen LogP) is 0.718. The zero-order chi connectivity index (χ0) is 6.97. The summed E-state index contributed by atoms with van der Waals surface area (Å²) in [7, 11) is 0. The minimum absolute atomic E-state index is 0.244. The van der Waals surface area contributed by atoms with E-state index >= 15 is 0 Å². The van der Waals surface area contributed by atoms with E-state index in [-0.39, 0.29) is 6.04 Å². The fourth-order valence-electron chi connectivity index (χ4n) is 1.82. The number of nitrogens with one attached hydrogen (secondary N) is 1. The third kappa shape index (κ3) is 0.870.